The Labute approximate surface area is 126 Å². The molecule has 0 saturated heterocycles. The van der Waals surface area contributed by atoms with Crippen LogP contribution in [0.15, 0.2) is 0 Å². The van der Waals surface area contributed by atoms with Gasteiger partial charge in [-0.2, -0.15) is 0 Å². The summed E-state index contributed by atoms with van der Waals surface area (Å²) in [7, 11) is 0. The van der Waals surface area contributed by atoms with Crippen LogP contribution in [0.5, 0.6) is 0 Å². The van der Waals surface area contributed by atoms with E-state index in [4.69, 9.17) is 0 Å². The Kier molecular flexibility index (Phi) is 4.75. The van der Waals surface area contributed by atoms with Crippen molar-refractivity contribution < 1.29 is 0 Å². The molecule has 0 aromatic rings. The summed E-state index contributed by atoms with van der Waals surface area (Å²) in [6.07, 6.45) is 16.6. The molecule has 1 unspecified atom stereocenters. The summed E-state index contributed by atoms with van der Waals surface area (Å²) in [6, 6.07) is 0.808. The van der Waals surface area contributed by atoms with Crippen LogP contribution in [0.2, 0.25) is 0 Å². The molecule has 0 aromatic heterocycles. The van der Waals surface area contributed by atoms with Crippen LogP contribution in [-0.4, -0.2) is 12.6 Å². The van der Waals surface area contributed by atoms with Crippen molar-refractivity contribution in [2.45, 2.75) is 90.5 Å². The van der Waals surface area contributed by atoms with Crippen molar-refractivity contribution >= 4 is 0 Å². The first-order valence-corrected chi connectivity index (χ1v) is 9.46. The van der Waals surface area contributed by atoms with E-state index in [1.165, 1.54) is 32.1 Å². The molecule has 4 aliphatic rings. The average molecular weight is 277 g/mol. The number of nitrogens with one attached hydrogen (secondary N) is 1. The summed E-state index contributed by atoms with van der Waals surface area (Å²) in [4.78, 5) is 0. The first-order chi connectivity index (χ1) is 9.73. The standard InChI is InChI=1S/C19H35N/c1-3-5-6-7-18(20-4-2)14-19-11-15-8-16(12-19)10-17(9-15)13-19/h15-18,20H,3-14H2,1-2H3. The number of hydrogen-bond acceptors (Lipinski definition) is 1. The Hall–Kier alpha value is -0.0400. The van der Waals surface area contributed by atoms with E-state index in [-0.39, 0.29) is 0 Å². The summed E-state index contributed by atoms with van der Waals surface area (Å²) in [5.41, 5.74) is 0.758. The quantitative estimate of drug-likeness (QED) is 0.605. The third kappa shape index (κ3) is 3.24. The van der Waals surface area contributed by atoms with Gasteiger partial charge in [0.15, 0.2) is 0 Å². The van der Waals surface area contributed by atoms with Crippen LogP contribution in [0.4, 0.5) is 0 Å². The first kappa shape index (κ1) is 14.9. The molecule has 4 saturated carbocycles. The number of rotatable bonds is 8. The molecular formula is C19H35N. The van der Waals surface area contributed by atoms with Crippen molar-refractivity contribution in [3.63, 3.8) is 0 Å². The van der Waals surface area contributed by atoms with Gasteiger partial charge in [-0.05, 0) is 81.1 Å². The summed E-state index contributed by atoms with van der Waals surface area (Å²) in [5, 5.41) is 3.82. The minimum Gasteiger partial charge on any atom is -0.314 e. The maximum atomic E-state index is 3.82. The monoisotopic (exact) mass is 277 g/mol. The SMILES string of the molecule is CCCCCC(CC12CC3CC(CC(C3)C1)C2)NCC. The molecule has 1 atom stereocenters. The van der Waals surface area contributed by atoms with Gasteiger partial charge in [-0.1, -0.05) is 33.1 Å². The molecule has 4 bridgehead atoms. The molecule has 4 aliphatic carbocycles. The third-order valence-corrected chi connectivity index (χ3v) is 6.49. The van der Waals surface area contributed by atoms with Gasteiger partial charge in [-0.3, -0.25) is 0 Å². The lowest BCUT2D eigenvalue weighted by Crippen LogP contribution is -2.48. The predicted octanol–water partition coefficient (Wildman–Crippen LogP) is 5.15. The van der Waals surface area contributed by atoms with Crippen molar-refractivity contribution in [1.82, 2.24) is 5.32 Å². The van der Waals surface area contributed by atoms with Crippen LogP contribution in [0.1, 0.15) is 84.5 Å². The van der Waals surface area contributed by atoms with Gasteiger partial charge in [0.25, 0.3) is 0 Å². The molecule has 1 nitrogen and oxygen atoms in total. The molecular weight excluding hydrogens is 242 g/mol. The zero-order chi connectivity index (χ0) is 14.0. The molecule has 0 radical (unpaired) electrons. The second kappa shape index (κ2) is 6.38. The Morgan fingerprint density at radius 1 is 0.950 bits per heavy atom. The van der Waals surface area contributed by atoms with Crippen LogP contribution < -0.4 is 5.32 Å². The van der Waals surface area contributed by atoms with Crippen LogP contribution in [0.3, 0.4) is 0 Å². The molecule has 4 rings (SSSR count). The average Bonchev–Trinajstić information content (AvgIpc) is 2.37. The van der Waals surface area contributed by atoms with Gasteiger partial charge in [0, 0.05) is 6.04 Å². The highest BCUT2D eigenvalue weighted by atomic mass is 14.9. The second-order valence-electron chi connectivity index (χ2n) is 8.37. The second-order valence-corrected chi connectivity index (χ2v) is 8.37. The van der Waals surface area contributed by atoms with Crippen LogP contribution in [0.25, 0.3) is 0 Å². The van der Waals surface area contributed by atoms with E-state index in [1.807, 2.05) is 0 Å². The molecule has 0 amide bonds. The third-order valence-electron chi connectivity index (χ3n) is 6.49. The maximum Gasteiger partial charge on any atom is 0.00722 e. The molecule has 4 fully saturated rings. The van der Waals surface area contributed by atoms with E-state index < -0.39 is 0 Å². The van der Waals surface area contributed by atoms with Crippen LogP contribution in [-0.2, 0) is 0 Å². The minimum atomic E-state index is 0.758. The molecule has 0 aromatic carbocycles. The van der Waals surface area contributed by atoms with Crippen molar-refractivity contribution in [1.29, 1.82) is 0 Å². The van der Waals surface area contributed by atoms with Crippen LogP contribution >= 0.6 is 0 Å². The van der Waals surface area contributed by atoms with E-state index in [9.17, 15) is 0 Å². The van der Waals surface area contributed by atoms with Crippen molar-refractivity contribution in [2.24, 2.45) is 23.2 Å². The van der Waals surface area contributed by atoms with E-state index >= 15 is 0 Å². The normalized spacial score (nSPS) is 40.2. The topological polar surface area (TPSA) is 12.0 Å². The Morgan fingerprint density at radius 2 is 1.55 bits per heavy atom. The number of unbranched alkanes of at least 4 members (excludes halogenated alkanes) is 2. The highest BCUT2D eigenvalue weighted by Gasteiger charge is 2.51. The summed E-state index contributed by atoms with van der Waals surface area (Å²) in [6.45, 7) is 5.76. The van der Waals surface area contributed by atoms with E-state index in [0.29, 0.717) is 0 Å². The molecule has 1 N–H and O–H groups in total. The fourth-order valence-corrected chi connectivity index (χ4v) is 6.27. The Balaban J connectivity index is 1.59. The fraction of sp³-hybridized carbons (Fsp3) is 1.00. The lowest BCUT2D eigenvalue weighted by atomic mass is 9.48. The van der Waals surface area contributed by atoms with Gasteiger partial charge in [0.2, 0.25) is 0 Å². The van der Waals surface area contributed by atoms with Crippen molar-refractivity contribution in [3.05, 3.63) is 0 Å². The molecule has 116 valence electrons. The van der Waals surface area contributed by atoms with Gasteiger partial charge in [0.05, 0.1) is 0 Å². The molecule has 0 heterocycles. The highest BCUT2D eigenvalue weighted by Crippen LogP contribution is 2.61. The smallest absolute Gasteiger partial charge is 0.00722 e. The first-order valence-electron chi connectivity index (χ1n) is 9.46. The van der Waals surface area contributed by atoms with Gasteiger partial charge in [-0.25, -0.2) is 0 Å². The Morgan fingerprint density at radius 3 is 2.05 bits per heavy atom. The zero-order valence-corrected chi connectivity index (χ0v) is 13.8. The Bertz CT molecular complexity index is 274. The summed E-state index contributed by atoms with van der Waals surface area (Å²) >= 11 is 0. The molecule has 0 aliphatic heterocycles. The van der Waals surface area contributed by atoms with E-state index in [1.54, 1.807) is 38.5 Å². The zero-order valence-electron chi connectivity index (χ0n) is 13.8. The van der Waals surface area contributed by atoms with Gasteiger partial charge >= 0.3 is 0 Å². The van der Waals surface area contributed by atoms with Crippen molar-refractivity contribution in [3.8, 4) is 0 Å². The minimum absolute atomic E-state index is 0.758. The number of hydrogen-bond donors (Lipinski definition) is 1. The lowest BCUT2D eigenvalue weighted by Gasteiger charge is -2.57. The maximum absolute atomic E-state index is 3.82. The highest BCUT2D eigenvalue weighted by molar-refractivity contribution is 5.02. The van der Waals surface area contributed by atoms with Gasteiger partial charge < -0.3 is 5.32 Å². The summed E-state index contributed by atoms with van der Waals surface area (Å²) < 4.78 is 0. The van der Waals surface area contributed by atoms with Gasteiger partial charge in [0.1, 0.15) is 0 Å². The molecule has 20 heavy (non-hydrogen) atoms. The van der Waals surface area contributed by atoms with Gasteiger partial charge in [-0.15, -0.1) is 0 Å². The lowest BCUT2D eigenvalue weighted by molar-refractivity contribution is -0.0623. The van der Waals surface area contributed by atoms with Crippen LogP contribution in [0, 0.1) is 23.2 Å². The fourth-order valence-electron chi connectivity index (χ4n) is 6.27. The molecule has 0 spiro atoms. The predicted molar refractivity (Wildman–Crippen MR) is 86.8 cm³/mol. The van der Waals surface area contributed by atoms with Crippen molar-refractivity contribution in [2.75, 3.05) is 6.54 Å². The molecule has 1 heteroatoms. The van der Waals surface area contributed by atoms with E-state index in [2.05, 4.69) is 19.2 Å². The largest absolute Gasteiger partial charge is 0.314 e. The van der Waals surface area contributed by atoms with E-state index in [0.717, 1.165) is 35.8 Å². The summed E-state index contributed by atoms with van der Waals surface area (Å²) in [5.74, 6) is 3.33.